The highest BCUT2D eigenvalue weighted by atomic mass is 16.2. The summed E-state index contributed by atoms with van der Waals surface area (Å²) in [6.07, 6.45) is 6.89. The topological polar surface area (TPSA) is 67.2 Å². The number of benzene rings is 1. The molecule has 1 spiro atoms. The summed E-state index contributed by atoms with van der Waals surface area (Å²) < 4.78 is 1.78. The molecule has 1 saturated carbocycles. The first kappa shape index (κ1) is 16.7. The first-order valence-electron chi connectivity index (χ1n) is 10.1. The number of rotatable bonds is 4. The second kappa shape index (κ2) is 6.62. The summed E-state index contributed by atoms with van der Waals surface area (Å²) in [6.45, 7) is 3.44. The molecule has 5 rings (SSSR count). The smallest absolute Gasteiger partial charge is 0.250 e. The minimum atomic E-state index is -0.254. The number of hydrogen-bond acceptors (Lipinski definition) is 5. The lowest BCUT2D eigenvalue weighted by Gasteiger charge is -2.42. The maximum absolute atomic E-state index is 13.3. The van der Waals surface area contributed by atoms with Crippen molar-refractivity contribution in [3.8, 4) is 5.69 Å². The molecule has 142 valence electrons. The largest absolute Gasteiger partial charge is 0.342 e. The standard InChI is InChI=1S/C20H26N6O/c27-18-20(10-5-12-24(18)14-16-6-4-7-16)11-13-25(15-20)19-21-22-23-26(19)17-8-2-1-3-9-17/h1-3,8-9,16H,4-7,10-15H2/t20-/m1/s1. The van der Waals surface area contributed by atoms with Gasteiger partial charge in [0.1, 0.15) is 0 Å². The van der Waals surface area contributed by atoms with Crippen LogP contribution in [0.5, 0.6) is 0 Å². The lowest BCUT2D eigenvalue weighted by atomic mass is 9.77. The molecular weight excluding hydrogens is 340 g/mol. The average molecular weight is 366 g/mol. The number of nitrogens with zero attached hydrogens (tertiary/aromatic N) is 6. The summed E-state index contributed by atoms with van der Waals surface area (Å²) in [6, 6.07) is 9.94. The predicted octanol–water partition coefficient (Wildman–Crippen LogP) is 2.28. The van der Waals surface area contributed by atoms with Crippen molar-refractivity contribution in [2.75, 3.05) is 31.1 Å². The van der Waals surface area contributed by atoms with Crippen molar-refractivity contribution in [3.63, 3.8) is 0 Å². The van der Waals surface area contributed by atoms with Crippen LogP contribution >= 0.6 is 0 Å². The third kappa shape index (κ3) is 2.89. The first-order valence-corrected chi connectivity index (χ1v) is 10.1. The Balaban J connectivity index is 1.35. The van der Waals surface area contributed by atoms with Gasteiger partial charge in [0.25, 0.3) is 0 Å². The molecule has 2 aromatic rings. The zero-order valence-corrected chi connectivity index (χ0v) is 15.6. The molecule has 1 aromatic heterocycles. The Morgan fingerprint density at radius 3 is 2.70 bits per heavy atom. The third-order valence-electron chi connectivity index (χ3n) is 6.62. The zero-order valence-electron chi connectivity index (χ0n) is 15.6. The molecule has 1 aliphatic carbocycles. The highest BCUT2D eigenvalue weighted by Gasteiger charge is 2.49. The van der Waals surface area contributed by atoms with E-state index in [1.54, 1.807) is 4.68 Å². The lowest BCUT2D eigenvalue weighted by Crippen LogP contribution is -2.52. The first-order chi connectivity index (χ1) is 13.3. The summed E-state index contributed by atoms with van der Waals surface area (Å²) in [5, 5.41) is 12.3. The number of anilines is 1. The van der Waals surface area contributed by atoms with E-state index in [9.17, 15) is 4.79 Å². The van der Waals surface area contributed by atoms with E-state index in [2.05, 4.69) is 25.3 Å². The SMILES string of the molecule is O=C1N(CC2CCC2)CCC[C@]12CCN(c1nnnn1-c1ccccc1)C2. The van der Waals surface area contributed by atoms with Gasteiger partial charge in [0.05, 0.1) is 11.1 Å². The van der Waals surface area contributed by atoms with Gasteiger partial charge in [-0.2, -0.15) is 4.68 Å². The van der Waals surface area contributed by atoms with Gasteiger partial charge in [-0.3, -0.25) is 4.79 Å². The molecule has 1 atom stereocenters. The van der Waals surface area contributed by atoms with Crippen molar-refractivity contribution in [1.29, 1.82) is 0 Å². The van der Waals surface area contributed by atoms with Gasteiger partial charge in [-0.15, -0.1) is 0 Å². The van der Waals surface area contributed by atoms with E-state index in [1.807, 2.05) is 30.3 Å². The lowest BCUT2D eigenvalue weighted by molar-refractivity contribution is -0.146. The predicted molar refractivity (Wildman–Crippen MR) is 102 cm³/mol. The van der Waals surface area contributed by atoms with Crippen LogP contribution in [0.3, 0.4) is 0 Å². The van der Waals surface area contributed by atoms with E-state index in [4.69, 9.17) is 0 Å². The van der Waals surface area contributed by atoms with Crippen LogP contribution in [-0.4, -0.2) is 57.2 Å². The molecular formula is C20H26N6O. The molecule has 7 heteroatoms. The second-order valence-electron chi connectivity index (χ2n) is 8.33. The molecule has 2 aliphatic heterocycles. The minimum absolute atomic E-state index is 0.254. The second-order valence-corrected chi connectivity index (χ2v) is 8.33. The molecule has 27 heavy (non-hydrogen) atoms. The number of hydrogen-bond donors (Lipinski definition) is 0. The van der Waals surface area contributed by atoms with Gasteiger partial charge in [0, 0.05) is 26.2 Å². The Morgan fingerprint density at radius 1 is 1.07 bits per heavy atom. The normalized spacial score (nSPS) is 26.0. The number of para-hydroxylation sites is 1. The van der Waals surface area contributed by atoms with Crippen LogP contribution < -0.4 is 4.90 Å². The molecule has 0 radical (unpaired) electrons. The van der Waals surface area contributed by atoms with Crippen LogP contribution in [0.4, 0.5) is 5.95 Å². The number of piperidine rings is 1. The van der Waals surface area contributed by atoms with E-state index in [0.29, 0.717) is 5.91 Å². The van der Waals surface area contributed by atoms with Crippen LogP contribution in [0.15, 0.2) is 30.3 Å². The number of carbonyl (C=O) groups excluding carboxylic acids is 1. The Kier molecular flexibility index (Phi) is 4.10. The molecule has 3 heterocycles. The summed E-state index contributed by atoms with van der Waals surface area (Å²) >= 11 is 0. The van der Waals surface area contributed by atoms with Crippen molar-refractivity contribution in [1.82, 2.24) is 25.1 Å². The average Bonchev–Trinajstić information content (AvgIpc) is 3.30. The fraction of sp³-hybridized carbons (Fsp3) is 0.600. The number of aromatic nitrogens is 4. The van der Waals surface area contributed by atoms with Crippen LogP contribution in [0.25, 0.3) is 5.69 Å². The zero-order chi connectivity index (χ0) is 18.3. The quantitative estimate of drug-likeness (QED) is 0.830. The molecule has 0 unspecified atom stereocenters. The van der Waals surface area contributed by atoms with Gasteiger partial charge >= 0.3 is 0 Å². The Hall–Kier alpha value is -2.44. The molecule has 0 bridgehead atoms. The Labute approximate surface area is 159 Å². The fourth-order valence-corrected chi connectivity index (χ4v) is 4.85. The van der Waals surface area contributed by atoms with Crippen LogP contribution in [0, 0.1) is 11.3 Å². The highest BCUT2D eigenvalue weighted by Crippen LogP contribution is 2.42. The van der Waals surface area contributed by atoms with Crippen LogP contribution in [-0.2, 0) is 4.79 Å². The van der Waals surface area contributed by atoms with Crippen molar-refractivity contribution >= 4 is 11.9 Å². The van der Waals surface area contributed by atoms with E-state index in [0.717, 1.165) is 63.0 Å². The van der Waals surface area contributed by atoms with Gasteiger partial charge in [0.15, 0.2) is 0 Å². The van der Waals surface area contributed by atoms with E-state index in [-0.39, 0.29) is 5.41 Å². The van der Waals surface area contributed by atoms with E-state index < -0.39 is 0 Å². The number of tetrazole rings is 1. The molecule has 1 amide bonds. The summed E-state index contributed by atoms with van der Waals surface area (Å²) in [5.41, 5.74) is 0.690. The van der Waals surface area contributed by atoms with Gasteiger partial charge in [0.2, 0.25) is 11.9 Å². The van der Waals surface area contributed by atoms with Crippen LogP contribution in [0.2, 0.25) is 0 Å². The summed E-state index contributed by atoms with van der Waals surface area (Å²) in [5.74, 6) is 1.83. The molecule has 2 saturated heterocycles. The molecule has 3 fully saturated rings. The third-order valence-corrected chi connectivity index (χ3v) is 6.62. The molecule has 3 aliphatic rings. The van der Waals surface area contributed by atoms with E-state index in [1.165, 1.54) is 19.3 Å². The number of likely N-dealkylation sites (tertiary alicyclic amines) is 1. The minimum Gasteiger partial charge on any atom is -0.342 e. The maximum atomic E-state index is 13.3. The van der Waals surface area contributed by atoms with Crippen molar-refractivity contribution in [2.45, 2.75) is 38.5 Å². The Bertz CT molecular complexity index is 817. The van der Waals surface area contributed by atoms with Gasteiger partial charge in [-0.05, 0) is 60.6 Å². The maximum Gasteiger partial charge on any atom is 0.250 e. The number of carbonyl (C=O) groups is 1. The van der Waals surface area contributed by atoms with Gasteiger partial charge in [-0.1, -0.05) is 29.7 Å². The van der Waals surface area contributed by atoms with Gasteiger partial charge in [-0.25, -0.2) is 0 Å². The summed E-state index contributed by atoms with van der Waals surface area (Å²) in [7, 11) is 0. The monoisotopic (exact) mass is 366 g/mol. The van der Waals surface area contributed by atoms with Gasteiger partial charge < -0.3 is 9.80 Å². The molecule has 0 N–H and O–H groups in total. The highest BCUT2D eigenvalue weighted by molar-refractivity contribution is 5.85. The van der Waals surface area contributed by atoms with Crippen molar-refractivity contribution in [3.05, 3.63) is 30.3 Å². The summed E-state index contributed by atoms with van der Waals surface area (Å²) in [4.78, 5) is 17.7. The molecule has 1 aromatic carbocycles. The van der Waals surface area contributed by atoms with Crippen molar-refractivity contribution < 1.29 is 4.79 Å². The van der Waals surface area contributed by atoms with E-state index >= 15 is 0 Å². The molecule has 7 nitrogen and oxygen atoms in total. The van der Waals surface area contributed by atoms with Crippen molar-refractivity contribution in [2.24, 2.45) is 11.3 Å². The number of amides is 1. The fourth-order valence-electron chi connectivity index (χ4n) is 4.85. The Morgan fingerprint density at radius 2 is 1.93 bits per heavy atom. The van der Waals surface area contributed by atoms with Crippen LogP contribution in [0.1, 0.15) is 38.5 Å².